The lowest BCUT2D eigenvalue weighted by Crippen LogP contribution is -2.48. The number of nitrogens with zero attached hydrogens (tertiary/aromatic N) is 2. The maximum Gasteiger partial charge on any atom is 0.225 e. The van der Waals surface area contributed by atoms with Gasteiger partial charge in [0.1, 0.15) is 0 Å². The van der Waals surface area contributed by atoms with Crippen LogP contribution in [0.5, 0.6) is 0 Å². The average Bonchev–Trinajstić information content (AvgIpc) is 3.05. The molecule has 0 aromatic heterocycles. The van der Waals surface area contributed by atoms with Gasteiger partial charge in [-0.1, -0.05) is 57.0 Å². The van der Waals surface area contributed by atoms with E-state index in [9.17, 15) is 4.79 Å². The van der Waals surface area contributed by atoms with Crippen LogP contribution in [0.1, 0.15) is 39.7 Å². The topological polar surface area (TPSA) is 56.7 Å². The van der Waals surface area contributed by atoms with Crippen LogP contribution in [-0.2, 0) is 10.2 Å². The number of benzene rings is 1. The van der Waals surface area contributed by atoms with Gasteiger partial charge in [0.05, 0.1) is 0 Å². The van der Waals surface area contributed by atoms with E-state index < -0.39 is 0 Å². The van der Waals surface area contributed by atoms with E-state index in [4.69, 9.17) is 23.2 Å². The van der Waals surface area contributed by atoms with Gasteiger partial charge in [0, 0.05) is 54.1 Å². The van der Waals surface area contributed by atoms with Gasteiger partial charge in [0.25, 0.3) is 0 Å². The molecular weight excluding hydrogens is 510 g/mol. The van der Waals surface area contributed by atoms with Crippen LogP contribution in [0.25, 0.3) is 0 Å². The Bertz CT molecular complexity index is 689. The highest BCUT2D eigenvalue weighted by atomic mass is 127. The largest absolute Gasteiger partial charge is 0.356 e. The molecule has 1 saturated heterocycles. The molecule has 1 heterocycles. The van der Waals surface area contributed by atoms with Crippen LogP contribution in [0.2, 0.25) is 10.0 Å². The number of hydrogen-bond donors (Lipinski definition) is 2. The van der Waals surface area contributed by atoms with Crippen LogP contribution < -0.4 is 10.6 Å². The summed E-state index contributed by atoms with van der Waals surface area (Å²) in [6, 6.07) is 5.76. The number of hydrogen-bond acceptors (Lipinski definition) is 2. The predicted octanol–water partition coefficient (Wildman–Crippen LogP) is 4.31. The van der Waals surface area contributed by atoms with Gasteiger partial charge in [0.15, 0.2) is 5.96 Å². The monoisotopic (exact) mass is 540 g/mol. The summed E-state index contributed by atoms with van der Waals surface area (Å²) in [6.45, 7) is 10.2. The molecule has 1 fully saturated rings. The third-order valence-electron chi connectivity index (χ3n) is 4.90. The Balaban J connectivity index is 0.00000392. The maximum atomic E-state index is 12.2. The number of carbonyl (C=O) groups excluding carboxylic acids is 1. The number of carbonyl (C=O) groups is 1. The van der Waals surface area contributed by atoms with Crippen molar-refractivity contribution in [1.82, 2.24) is 15.5 Å². The van der Waals surface area contributed by atoms with Crippen molar-refractivity contribution in [2.24, 2.45) is 10.9 Å². The van der Waals surface area contributed by atoms with Crippen molar-refractivity contribution >= 4 is 59.0 Å². The van der Waals surface area contributed by atoms with Crippen molar-refractivity contribution in [3.05, 3.63) is 33.8 Å². The zero-order valence-corrected chi connectivity index (χ0v) is 21.0. The van der Waals surface area contributed by atoms with Crippen LogP contribution in [0.4, 0.5) is 0 Å². The van der Waals surface area contributed by atoms with E-state index in [1.807, 2.05) is 36.9 Å². The summed E-state index contributed by atoms with van der Waals surface area (Å²) in [4.78, 5) is 18.4. The van der Waals surface area contributed by atoms with E-state index in [1.54, 1.807) is 7.05 Å². The van der Waals surface area contributed by atoms with Crippen molar-refractivity contribution in [2.45, 2.75) is 45.6 Å². The van der Waals surface area contributed by atoms with E-state index in [1.165, 1.54) is 0 Å². The van der Waals surface area contributed by atoms with E-state index in [0.29, 0.717) is 23.1 Å². The van der Waals surface area contributed by atoms with Gasteiger partial charge >= 0.3 is 0 Å². The molecule has 1 amide bonds. The first kappa shape index (κ1) is 25.3. The van der Waals surface area contributed by atoms with Gasteiger partial charge in [-0.25, -0.2) is 0 Å². The lowest BCUT2D eigenvalue weighted by Gasteiger charge is -2.29. The van der Waals surface area contributed by atoms with Crippen LogP contribution in [0.15, 0.2) is 23.2 Å². The first-order chi connectivity index (χ1) is 12.7. The number of rotatable bonds is 5. The number of aliphatic imine (C=N–C) groups is 1. The highest BCUT2D eigenvalue weighted by Gasteiger charge is 2.29. The van der Waals surface area contributed by atoms with Crippen molar-refractivity contribution in [1.29, 1.82) is 0 Å². The highest BCUT2D eigenvalue weighted by Crippen LogP contribution is 2.35. The minimum absolute atomic E-state index is 0. The summed E-state index contributed by atoms with van der Waals surface area (Å²) in [5.41, 5.74) is 0.647. The molecule has 0 radical (unpaired) electrons. The summed E-state index contributed by atoms with van der Waals surface area (Å²) < 4.78 is 0. The lowest BCUT2D eigenvalue weighted by atomic mass is 9.84. The van der Waals surface area contributed by atoms with Gasteiger partial charge in [-0.05, 0) is 24.1 Å². The molecular formula is C20H31Cl2IN4O. The molecule has 28 heavy (non-hydrogen) atoms. The number of nitrogens with one attached hydrogen (secondary N) is 2. The fraction of sp³-hybridized carbons (Fsp3) is 0.600. The highest BCUT2D eigenvalue weighted by molar-refractivity contribution is 14.0. The Kier molecular flexibility index (Phi) is 9.83. The van der Waals surface area contributed by atoms with E-state index in [0.717, 1.165) is 24.5 Å². The molecule has 1 unspecified atom stereocenters. The standard InChI is InChI=1S/C20H30Cl2N4O.HI/c1-13(2)18(27)26-10-9-14(11-26)25-19(23-5)24-12-20(3,4)17-15(21)7-6-8-16(17)22;/h6-8,13-14H,9-12H2,1-5H3,(H2,23,24,25);1H. The lowest BCUT2D eigenvalue weighted by molar-refractivity contribution is -0.133. The van der Waals surface area contributed by atoms with Gasteiger partial charge in [-0.3, -0.25) is 9.79 Å². The first-order valence-electron chi connectivity index (χ1n) is 9.36. The zero-order valence-electron chi connectivity index (χ0n) is 17.2. The Morgan fingerprint density at radius 2 is 1.93 bits per heavy atom. The second-order valence-electron chi connectivity index (χ2n) is 7.98. The van der Waals surface area contributed by atoms with Crippen LogP contribution >= 0.6 is 47.2 Å². The fourth-order valence-electron chi connectivity index (χ4n) is 3.37. The molecule has 8 heteroatoms. The van der Waals surface area contributed by atoms with Crippen molar-refractivity contribution in [3.8, 4) is 0 Å². The molecule has 2 N–H and O–H groups in total. The van der Waals surface area contributed by atoms with Crippen LogP contribution in [-0.4, -0.2) is 49.5 Å². The average molecular weight is 541 g/mol. The number of guanidine groups is 1. The van der Waals surface area contributed by atoms with Gasteiger partial charge in [-0.15, -0.1) is 24.0 Å². The van der Waals surface area contributed by atoms with Crippen molar-refractivity contribution in [2.75, 3.05) is 26.7 Å². The summed E-state index contributed by atoms with van der Waals surface area (Å²) in [5.74, 6) is 0.953. The Morgan fingerprint density at radius 1 is 1.32 bits per heavy atom. The van der Waals surface area contributed by atoms with E-state index >= 15 is 0 Å². The van der Waals surface area contributed by atoms with Crippen molar-refractivity contribution in [3.63, 3.8) is 0 Å². The first-order valence-corrected chi connectivity index (χ1v) is 10.1. The maximum absolute atomic E-state index is 12.2. The summed E-state index contributed by atoms with van der Waals surface area (Å²) >= 11 is 12.8. The Labute approximate surface area is 195 Å². The normalized spacial score (nSPS) is 17.5. The number of likely N-dealkylation sites (tertiary alicyclic amines) is 1. The van der Waals surface area contributed by atoms with Crippen LogP contribution in [0, 0.1) is 5.92 Å². The summed E-state index contributed by atoms with van der Waals surface area (Å²) in [6.07, 6.45) is 0.916. The Morgan fingerprint density at radius 3 is 2.46 bits per heavy atom. The second kappa shape index (κ2) is 10.9. The summed E-state index contributed by atoms with van der Waals surface area (Å²) in [5, 5.41) is 8.12. The minimum Gasteiger partial charge on any atom is -0.356 e. The molecule has 5 nitrogen and oxygen atoms in total. The molecule has 1 aliphatic heterocycles. The fourth-order valence-corrected chi connectivity index (χ4v) is 4.28. The number of amides is 1. The third kappa shape index (κ3) is 6.39. The van der Waals surface area contributed by atoms with E-state index in [2.05, 4.69) is 29.5 Å². The third-order valence-corrected chi connectivity index (χ3v) is 5.53. The second-order valence-corrected chi connectivity index (χ2v) is 8.79. The molecule has 0 spiro atoms. The van der Waals surface area contributed by atoms with E-state index in [-0.39, 0.29) is 47.3 Å². The molecule has 0 bridgehead atoms. The molecule has 0 aliphatic carbocycles. The van der Waals surface area contributed by atoms with Gasteiger partial charge in [-0.2, -0.15) is 0 Å². The molecule has 2 rings (SSSR count). The molecule has 1 aliphatic rings. The summed E-state index contributed by atoms with van der Waals surface area (Å²) in [7, 11) is 1.75. The SMILES string of the molecule is CN=C(NCC(C)(C)c1c(Cl)cccc1Cl)NC1CCN(C(=O)C(C)C)C1.I. The predicted molar refractivity (Wildman–Crippen MR) is 129 cm³/mol. The molecule has 1 aromatic rings. The molecule has 1 aromatic carbocycles. The quantitative estimate of drug-likeness (QED) is 0.332. The van der Waals surface area contributed by atoms with Crippen molar-refractivity contribution < 1.29 is 4.79 Å². The molecule has 1 atom stereocenters. The van der Waals surface area contributed by atoms with Crippen LogP contribution in [0.3, 0.4) is 0 Å². The van der Waals surface area contributed by atoms with Gasteiger partial charge < -0.3 is 15.5 Å². The smallest absolute Gasteiger partial charge is 0.225 e. The molecule has 0 saturated carbocycles. The molecule has 158 valence electrons. The number of halogens is 3. The minimum atomic E-state index is -0.275. The van der Waals surface area contributed by atoms with Gasteiger partial charge in [0.2, 0.25) is 5.91 Å². The Hall–Kier alpha value is -0.730. The zero-order chi connectivity index (χ0) is 20.2.